The van der Waals surface area contributed by atoms with Crippen LogP contribution in [0.15, 0.2) is 29.2 Å². The van der Waals surface area contributed by atoms with E-state index in [1.807, 2.05) is 25.3 Å². The van der Waals surface area contributed by atoms with Gasteiger partial charge in [-0.15, -0.1) is 0 Å². The molecule has 0 unspecified atom stereocenters. The highest BCUT2D eigenvalue weighted by Crippen LogP contribution is 2.28. The molecule has 0 aliphatic carbocycles. The number of esters is 1. The van der Waals surface area contributed by atoms with Crippen molar-refractivity contribution in [1.29, 1.82) is 0 Å². The summed E-state index contributed by atoms with van der Waals surface area (Å²) < 4.78 is 33.9. The second kappa shape index (κ2) is 9.75. The van der Waals surface area contributed by atoms with Gasteiger partial charge in [-0.1, -0.05) is 29.3 Å². The van der Waals surface area contributed by atoms with Crippen molar-refractivity contribution in [2.75, 3.05) is 13.2 Å². The van der Waals surface area contributed by atoms with E-state index in [1.54, 1.807) is 6.07 Å². The van der Waals surface area contributed by atoms with Crippen LogP contribution in [0.2, 0.25) is 10.0 Å². The smallest absolute Gasteiger partial charge is 0.307 e. The number of aromatic nitrogens is 1. The summed E-state index contributed by atoms with van der Waals surface area (Å²) in [5.74, 6) is -1.01. The number of halogens is 2. The molecule has 2 rings (SSSR count). The number of benzene rings is 1. The highest BCUT2D eigenvalue weighted by atomic mass is 35.5. The number of aryl methyl sites for hydroxylation is 1. The van der Waals surface area contributed by atoms with Gasteiger partial charge in [0.25, 0.3) is 0 Å². The lowest BCUT2D eigenvalue weighted by atomic mass is 10.1. The molecule has 7 nitrogen and oxygen atoms in total. The van der Waals surface area contributed by atoms with Gasteiger partial charge in [0, 0.05) is 30.0 Å². The zero-order valence-corrected chi connectivity index (χ0v) is 18.6. The zero-order valence-electron chi connectivity index (χ0n) is 16.3. The van der Waals surface area contributed by atoms with Crippen LogP contribution in [0.25, 0.3) is 0 Å². The Morgan fingerprint density at radius 1 is 1.17 bits per heavy atom. The first-order chi connectivity index (χ1) is 13.6. The van der Waals surface area contributed by atoms with Gasteiger partial charge in [0.1, 0.15) is 4.90 Å². The van der Waals surface area contributed by atoms with Gasteiger partial charge in [0.15, 0.2) is 6.61 Å². The van der Waals surface area contributed by atoms with Crippen molar-refractivity contribution < 1.29 is 22.7 Å². The third-order valence-electron chi connectivity index (χ3n) is 4.36. The largest absolute Gasteiger partial charge is 0.457 e. The number of hydrogen-bond acceptors (Lipinski definition) is 5. The van der Waals surface area contributed by atoms with Gasteiger partial charge in [0.05, 0.1) is 16.5 Å². The third kappa shape index (κ3) is 5.60. The van der Waals surface area contributed by atoms with Crippen LogP contribution in [-0.4, -0.2) is 37.9 Å². The van der Waals surface area contributed by atoms with Crippen LogP contribution in [0.4, 0.5) is 0 Å². The number of ether oxygens (including phenoxy) is 1. The van der Waals surface area contributed by atoms with Gasteiger partial charge in [-0.3, -0.25) is 9.59 Å². The number of carbonyl (C=O) groups excluding carboxylic acids is 2. The van der Waals surface area contributed by atoms with E-state index in [0.717, 1.165) is 17.9 Å². The van der Waals surface area contributed by atoms with Gasteiger partial charge < -0.3 is 9.30 Å². The Kier molecular flexibility index (Phi) is 7.87. The van der Waals surface area contributed by atoms with Crippen LogP contribution >= 0.6 is 23.2 Å². The summed E-state index contributed by atoms with van der Waals surface area (Å²) in [5, 5.41) is -0.0503. The van der Waals surface area contributed by atoms with Crippen molar-refractivity contribution in [1.82, 2.24) is 9.29 Å². The molecule has 0 amide bonds. The summed E-state index contributed by atoms with van der Waals surface area (Å²) in [5.41, 5.74) is 2.27. The van der Waals surface area contributed by atoms with Gasteiger partial charge in [0.2, 0.25) is 15.8 Å². The van der Waals surface area contributed by atoms with Crippen LogP contribution in [-0.2, 0) is 26.1 Å². The summed E-state index contributed by atoms with van der Waals surface area (Å²) in [6.45, 7) is 5.82. The number of carbonyl (C=O) groups is 2. The second-order valence-electron chi connectivity index (χ2n) is 6.31. The van der Waals surface area contributed by atoms with Gasteiger partial charge in [-0.25, -0.2) is 13.1 Å². The van der Waals surface area contributed by atoms with Gasteiger partial charge in [-0.2, -0.15) is 0 Å². The molecule has 0 saturated carbocycles. The van der Waals surface area contributed by atoms with Gasteiger partial charge in [-0.05, 0) is 39.0 Å². The maximum atomic E-state index is 12.3. The Labute approximate surface area is 180 Å². The van der Waals surface area contributed by atoms with E-state index in [2.05, 4.69) is 4.72 Å². The summed E-state index contributed by atoms with van der Waals surface area (Å²) >= 11 is 11.8. The molecule has 1 aromatic heterocycles. The Morgan fingerprint density at radius 3 is 2.34 bits per heavy atom. The fraction of sp³-hybridized carbons (Fsp3) is 0.368. The molecule has 0 bridgehead atoms. The summed E-state index contributed by atoms with van der Waals surface area (Å²) in [4.78, 5) is 23.9. The molecule has 1 aromatic carbocycles. The minimum absolute atomic E-state index is 0.0251. The molecule has 1 N–H and O–H groups in total. The molecule has 0 atom stereocenters. The first-order valence-corrected chi connectivity index (χ1v) is 11.1. The predicted molar refractivity (Wildman–Crippen MR) is 111 cm³/mol. The Hall–Kier alpha value is -1.87. The van der Waals surface area contributed by atoms with E-state index < -0.39 is 22.6 Å². The predicted octanol–water partition coefficient (Wildman–Crippen LogP) is 3.53. The molecular weight excluding hydrogens is 439 g/mol. The van der Waals surface area contributed by atoms with E-state index >= 15 is 0 Å². The number of hydrogen-bond donors (Lipinski definition) is 1. The molecule has 2 aromatic rings. The van der Waals surface area contributed by atoms with Crippen LogP contribution in [0.1, 0.15) is 35.1 Å². The maximum Gasteiger partial charge on any atom is 0.307 e. The number of rotatable bonds is 9. The molecular formula is C19H22Cl2N2O5S. The molecule has 0 radical (unpaired) electrons. The normalized spacial score (nSPS) is 11.5. The standard InChI is InChI=1S/C19H22Cl2N2O5S/c1-4-23-12(2)10-14(13(23)3)17(24)11-28-18(25)8-9-22-29(26,27)19-15(20)6-5-7-16(19)21/h5-7,10,22H,4,8-9,11H2,1-3H3. The SMILES string of the molecule is CCn1c(C)cc(C(=O)COC(=O)CCNS(=O)(=O)c2c(Cl)cccc2Cl)c1C. The molecule has 29 heavy (non-hydrogen) atoms. The minimum Gasteiger partial charge on any atom is -0.457 e. The monoisotopic (exact) mass is 460 g/mol. The number of ketones is 1. The highest BCUT2D eigenvalue weighted by molar-refractivity contribution is 7.89. The van der Waals surface area contributed by atoms with E-state index in [-0.39, 0.29) is 33.7 Å². The number of Topliss-reactive ketones (excluding diaryl/α,β-unsaturated/α-hetero) is 1. The molecule has 0 saturated heterocycles. The van der Waals surface area contributed by atoms with Gasteiger partial charge >= 0.3 is 5.97 Å². The topological polar surface area (TPSA) is 94.5 Å². The van der Waals surface area contributed by atoms with E-state index in [4.69, 9.17) is 27.9 Å². The third-order valence-corrected chi connectivity index (χ3v) is 6.78. The zero-order chi connectivity index (χ0) is 21.8. The minimum atomic E-state index is -3.99. The molecule has 1 heterocycles. The average molecular weight is 461 g/mol. The van der Waals surface area contributed by atoms with Crippen molar-refractivity contribution >= 4 is 45.0 Å². The lowest BCUT2D eigenvalue weighted by molar-refractivity contribution is -0.142. The molecule has 0 spiro atoms. The lowest BCUT2D eigenvalue weighted by Crippen LogP contribution is -2.27. The van der Waals surface area contributed by atoms with Crippen molar-refractivity contribution in [2.24, 2.45) is 0 Å². The van der Waals surface area contributed by atoms with E-state index in [0.29, 0.717) is 5.56 Å². The summed E-state index contributed by atoms with van der Waals surface area (Å²) in [6, 6.07) is 6.08. The number of sulfonamides is 1. The first kappa shape index (κ1) is 23.4. The lowest BCUT2D eigenvalue weighted by Gasteiger charge is -2.10. The van der Waals surface area contributed by atoms with E-state index in [9.17, 15) is 18.0 Å². The van der Waals surface area contributed by atoms with E-state index in [1.165, 1.54) is 18.2 Å². The fourth-order valence-electron chi connectivity index (χ4n) is 2.96. The van der Waals surface area contributed by atoms with Crippen molar-refractivity contribution in [2.45, 2.75) is 38.6 Å². The summed E-state index contributed by atoms with van der Waals surface area (Å²) in [6.07, 6.45) is -0.247. The highest BCUT2D eigenvalue weighted by Gasteiger charge is 2.22. The van der Waals surface area contributed by atoms with Crippen molar-refractivity contribution in [3.05, 3.63) is 51.3 Å². The second-order valence-corrected chi connectivity index (χ2v) is 8.83. The van der Waals surface area contributed by atoms with Crippen LogP contribution < -0.4 is 4.72 Å². The molecule has 158 valence electrons. The van der Waals surface area contributed by atoms with Crippen molar-refractivity contribution in [3.63, 3.8) is 0 Å². The first-order valence-electron chi connectivity index (χ1n) is 8.87. The van der Waals surface area contributed by atoms with Crippen LogP contribution in [0, 0.1) is 13.8 Å². The fourth-order valence-corrected chi connectivity index (χ4v) is 5.14. The summed E-state index contributed by atoms with van der Waals surface area (Å²) in [7, 11) is -3.99. The van der Waals surface area contributed by atoms with Crippen LogP contribution in [0.5, 0.6) is 0 Å². The number of nitrogens with one attached hydrogen (secondary N) is 1. The van der Waals surface area contributed by atoms with Crippen molar-refractivity contribution in [3.8, 4) is 0 Å². The Balaban J connectivity index is 1.88. The Morgan fingerprint density at radius 2 is 1.79 bits per heavy atom. The van der Waals surface area contributed by atoms with Crippen LogP contribution in [0.3, 0.4) is 0 Å². The number of nitrogens with zero attached hydrogens (tertiary/aromatic N) is 1. The quantitative estimate of drug-likeness (QED) is 0.456. The Bertz CT molecular complexity index is 1010. The molecule has 10 heteroatoms. The average Bonchev–Trinajstić information content (AvgIpc) is 2.92. The molecule has 0 aliphatic heterocycles. The molecule has 0 fully saturated rings. The molecule has 0 aliphatic rings. The maximum absolute atomic E-state index is 12.3.